The van der Waals surface area contributed by atoms with Crippen LogP contribution in [-0.2, 0) is 4.79 Å². The van der Waals surface area contributed by atoms with Gasteiger partial charge in [-0.1, -0.05) is 12.1 Å². The van der Waals surface area contributed by atoms with Gasteiger partial charge in [0.1, 0.15) is 11.0 Å². The van der Waals surface area contributed by atoms with Crippen LogP contribution >= 0.6 is 23.1 Å². The highest BCUT2D eigenvalue weighted by Gasteiger charge is 2.27. The molecule has 3 N–H and O–H groups in total. The lowest BCUT2D eigenvalue weighted by atomic mass is 10.1. The summed E-state index contributed by atoms with van der Waals surface area (Å²) in [5.74, 6) is 0.606. The zero-order valence-corrected chi connectivity index (χ0v) is 15.6. The largest absolute Gasteiger partial charge is 0.352 e. The minimum atomic E-state index is -0.685. The van der Waals surface area contributed by atoms with Crippen molar-refractivity contribution in [3.63, 3.8) is 0 Å². The summed E-state index contributed by atoms with van der Waals surface area (Å²) in [6.45, 7) is 1.94. The Morgan fingerprint density at radius 2 is 2.12 bits per heavy atom. The second-order valence-electron chi connectivity index (χ2n) is 5.49. The summed E-state index contributed by atoms with van der Waals surface area (Å²) in [6.07, 6.45) is 2.50. The normalized spacial score (nSPS) is 13.5. The van der Waals surface area contributed by atoms with Gasteiger partial charge >= 0.3 is 6.03 Å². The first-order chi connectivity index (χ1) is 11.4. The summed E-state index contributed by atoms with van der Waals surface area (Å²) in [4.78, 5) is 30.1. The number of thioether (sulfide) groups is 1. The Labute approximate surface area is 149 Å². The third-order valence-electron chi connectivity index (χ3n) is 3.82. The van der Waals surface area contributed by atoms with E-state index < -0.39 is 12.1 Å². The summed E-state index contributed by atoms with van der Waals surface area (Å²) in [6, 6.07) is 6.41. The summed E-state index contributed by atoms with van der Waals surface area (Å²) < 4.78 is 1.09. The number of para-hydroxylation sites is 1. The minimum absolute atomic E-state index is 0.158. The quantitative estimate of drug-likeness (QED) is 0.788. The maximum Gasteiger partial charge on any atom is 0.312 e. The number of thiazole rings is 1. The first-order valence-electron chi connectivity index (χ1n) is 7.61. The number of urea groups is 1. The first-order valence-corrected chi connectivity index (χ1v) is 9.82. The number of nitrogens with two attached hydrogens (primary N) is 1. The van der Waals surface area contributed by atoms with Gasteiger partial charge in [-0.25, -0.2) is 9.78 Å². The number of nitrogens with one attached hydrogen (secondary N) is 1. The van der Waals surface area contributed by atoms with Crippen molar-refractivity contribution in [1.29, 1.82) is 0 Å². The highest BCUT2D eigenvalue weighted by molar-refractivity contribution is 7.98. The number of primary amides is 1. The van der Waals surface area contributed by atoms with Crippen LogP contribution in [0.25, 0.3) is 10.2 Å². The van der Waals surface area contributed by atoms with Crippen molar-refractivity contribution in [1.82, 2.24) is 15.2 Å². The molecule has 0 bridgehead atoms. The topological polar surface area (TPSA) is 88.3 Å². The van der Waals surface area contributed by atoms with Gasteiger partial charge in [-0.05, 0) is 37.5 Å². The van der Waals surface area contributed by atoms with Crippen LogP contribution < -0.4 is 11.1 Å². The van der Waals surface area contributed by atoms with Gasteiger partial charge in [-0.3, -0.25) is 4.79 Å². The fourth-order valence-electron chi connectivity index (χ4n) is 2.34. The van der Waals surface area contributed by atoms with Crippen LogP contribution in [0.4, 0.5) is 4.79 Å². The molecule has 1 heterocycles. The Balaban J connectivity index is 2.15. The lowest BCUT2D eigenvalue weighted by Gasteiger charge is -2.28. The van der Waals surface area contributed by atoms with Crippen LogP contribution in [0, 0.1) is 0 Å². The Morgan fingerprint density at radius 3 is 2.75 bits per heavy atom. The van der Waals surface area contributed by atoms with E-state index in [4.69, 9.17) is 5.73 Å². The van der Waals surface area contributed by atoms with Crippen molar-refractivity contribution in [2.24, 2.45) is 5.73 Å². The molecule has 24 heavy (non-hydrogen) atoms. The number of likely N-dealkylation sites (N-methyl/N-ethyl adjacent to an activating group) is 1. The highest BCUT2D eigenvalue weighted by atomic mass is 32.2. The zero-order valence-electron chi connectivity index (χ0n) is 14.0. The minimum Gasteiger partial charge on any atom is -0.352 e. The Bertz CT molecular complexity index is 686. The molecule has 0 radical (unpaired) electrons. The molecule has 2 rings (SSSR count). The van der Waals surface area contributed by atoms with Crippen LogP contribution in [-0.4, -0.2) is 46.9 Å². The average Bonchev–Trinajstić information content (AvgIpc) is 3.00. The SMILES string of the molecule is CSCC[C@@H](NC(N)=O)C(=O)N(C)[C@H](C)c1nc2ccccc2s1. The van der Waals surface area contributed by atoms with Crippen molar-refractivity contribution in [3.8, 4) is 0 Å². The van der Waals surface area contributed by atoms with Crippen LogP contribution in [0.5, 0.6) is 0 Å². The number of hydrogen-bond acceptors (Lipinski definition) is 5. The summed E-state index contributed by atoms with van der Waals surface area (Å²) >= 11 is 3.19. The number of amides is 3. The molecule has 1 aromatic carbocycles. The maximum atomic E-state index is 12.7. The van der Waals surface area contributed by atoms with Gasteiger partial charge in [-0.15, -0.1) is 11.3 Å². The molecular weight excluding hydrogens is 344 g/mol. The van der Waals surface area contributed by atoms with E-state index in [-0.39, 0.29) is 11.9 Å². The van der Waals surface area contributed by atoms with Gasteiger partial charge in [0, 0.05) is 7.05 Å². The number of carbonyl (C=O) groups is 2. The smallest absolute Gasteiger partial charge is 0.312 e. The van der Waals surface area contributed by atoms with E-state index in [9.17, 15) is 9.59 Å². The number of aromatic nitrogens is 1. The third-order valence-corrected chi connectivity index (χ3v) is 5.67. The number of rotatable bonds is 7. The standard InChI is InChI=1S/C16H22N4O2S2/c1-10(14-18-11-6-4-5-7-13(11)24-14)20(2)15(21)12(8-9-23-3)19-16(17)22/h4-7,10,12H,8-9H2,1-3H3,(H3,17,19,22)/t10-,12-/m1/s1. The maximum absolute atomic E-state index is 12.7. The van der Waals surface area contributed by atoms with E-state index in [2.05, 4.69) is 10.3 Å². The lowest BCUT2D eigenvalue weighted by Crippen LogP contribution is -2.49. The average molecular weight is 367 g/mol. The van der Waals surface area contributed by atoms with Crippen molar-refractivity contribution in [3.05, 3.63) is 29.3 Å². The van der Waals surface area contributed by atoms with Crippen LogP contribution in [0.15, 0.2) is 24.3 Å². The molecule has 0 aliphatic heterocycles. The van der Waals surface area contributed by atoms with E-state index >= 15 is 0 Å². The van der Waals surface area contributed by atoms with Crippen LogP contribution in [0.1, 0.15) is 24.4 Å². The zero-order chi connectivity index (χ0) is 17.7. The molecule has 2 atom stereocenters. The molecule has 2 aromatic rings. The van der Waals surface area contributed by atoms with Gasteiger partial charge in [-0.2, -0.15) is 11.8 Å². The summed E-state index contributed by atoms with van der Waals surface area (Å²) in [7, 11) is 1.73. The fourth-order valence-corrected chi connectivity index (χ4v) is 3.87. The second-order valence-corrected chi connectivity index (χ2v) is 7.54. The second kappa shape index (κ2) is 8.34. The molecule has 6 nitrogen and oxygen atoms in total. The van der Waals surface area contributed by atoms with Gasteiger partial charge in [0.25, 0.3) is 0 Å². The predicted octanol–water partition coefficient (Wildman–Crippen LogP) is 2.61. The molecule has 0 fully saturated rings. The molecule has 0 aliphatic rings. The van der Waals surface area contributed by atoms with Crippen LogP contribution in [0.3, 0.4) is 0 Å². The molecular formula is C16H22N4O2S2. The van der Waals surface area contributed by atoms with Crippen molar-refractivity contribution in [2.45, 2.75) is 25.4 Å². The molecule has 0 saturated carbocycles. The molecule has 8 heteroatoms. The molecule has 0 aliphatic carbocycles. The first kappa shape index (κ1) is 18.5. The molecule has 130 valence electrons. The number of hydrogen-bond donors (Lipinski definition) is 2. The summed E-state index contributed by atoms with van der Waals surface area (Å²) in [5.41, 5.74) is 6.13. The van der Waals surface area contributed by atoms with Gasteiger partial charge in [0.15, 0.2) is 0 Å². The monoisotopic (exact) mass is 366 g/mol. The summed E-state index contributed by atoms with van der Waals surface area (Å²) in [5, 5.41) is 3.42. The number of fused-ring (bicyclic) bond motifs is 1. The lowest BCUT2D eigenvalue weighted by molar-refractivity contribution is -0.133. The van der Waals surface area contributed by atoms with Gasteiger partial charge < -0.3 is 16.0 Å². The van der Waals surface area contributed by atoms with Gasteiger partial charge in [0.2, 0.25) is 5.91 Å². The van der Waals surface area contributed by atoms with Crippen molar-refractivity contribution >= 4 is 45.3 Å². The van der Waals surface area contributed by atoms with Gasteiger partial charge in [0.05, 0.1) is 16.3 Å². The van der Waals surface area contributed by atoms with E-state index in [1.165, 1.54) is 0 Å². The van der Waals surface area contributed by atoms with E-state index in [1.807, 2.05) is 37.4 Å². The number of benzene rings is 1. The fraction of sp³-hybridized carbons (Fsp3) is 0.438. The van der Waals surface area contributed by atoms with Crippen molar-refractivity contribution < 1.29 is 9.59 Å². The Morgan fingerprint density at radius 1 is 1.42 bits per heavy atom. The van der Waals surface area contributed by atoms with E-state index in [0.29, 0.717) is 6.42 Å². The molecule has 1 aromatic heterocycles. The van der Waals surface area contributed by atoms with E-state index in [0.717, 1.165) is 21.0 Å². The Kier molecular flexibility index (Phi) is 6.44. The molecule has 0 unspecified atom stereocenters. The molecule has 0 saturated heterocycles. The number of nitrogens with zero attached hydrogens (tertiary/aromatic N) is 2. The van der Waals surface area contributed by atoms with E-state index in [1.54, 1.807) is 35.0 Å². The third kappa shape index (κ3) is 4.39. The predicted molar refractivity (Wildman–Crippen MR) is 100 cm³/mol. The molecule has 3 amide bonds. The molecule has 0 spiro atoms. The highest BCUT2D eigenvalue weighted by Crippen LogP contribution is 2.29. The Hall–Kier alpha value is -1.80. The number of carbonyl (C=O) groups excluding carboxylic acids is 2. The van der Waals surface area contributed by atoms with Crippen molar-refractivity contribution in [2.75, 3.05) is 19.1 Å². The van der Waals surface area contributed by atoms with Crippen LogP contribution in [0.2, 0.25) is 0 Å².